The van der Waals surface area contributed by atoms with E-state index in [9.17, 15) is 0 Å². The van der Waals surface area contributed by atoms with Gasteiger partial charge >= 0.3 is 0 Å². The predicted octanol–water partition coefficient (Wildman–Crippen LogP) is 7.79. The monoisotopic (exact) mass is 511 g/mol. The lowest BCUT2D eigenvalue weighted by Crippen LogP contribution is -2.11. The van der Waals surface area contributed by atoms with Crippen molar-refractivity contribution in [3.63, 3.8) is 0 Å². The maximum Gasteiger partial charge on any atom is 0.211 e. The van der Waals surface area contributed by atoms with Gasteiger partial charge in [-0.05, 0) is 66.2 Å². The van der Waals surface area contributed by atoms with Gasteiger partial charge in [-0.2, -0.15) is 5.10 Å². The summed E-state index contributed by atoms with van der Waals surface area (Å²) in [6.07, 6.45) is 1.81. The van der Waals surface area contributed by atoms with E-state index in [1.54, 1.807) is 25.5 Å². The lowest BCUT2D eigenvalue weighted by atomic mass is 10.2. The van der Waals surface area contributed by atoms with E-state index < -0.39 is 0 Å². The first-order valence-electron chi connectivity index (χ1n) is 11.2. The van der Waals surface area contributed by atoms with Gasteiger partial charge in [0.1, 0.15) is 17.2 Å². The van der Waals surface area contributed by atoms with Crippen molar-refractivity contribution in [2.75, 3.05) is 7.11 Å². The number of benzene rings is 4. The molecule has 178 valence electrons. The average molecular weight is 512 g/mol. The molecular formula is C29H22ClN3O2S. The van der Waals surface area contributed by atoms with Crippen LogP contribution < -0.4 is 14.3 Å². The Hall–Kier alpha value is -4.13. The van der Waals surface area contributed by atoms with E-state index in [-0.39, 0.29) is 0 Å². The largest absolute Gasteiger partial charge is 0.497 e. The zero-order valence-corrected chi connectivity index (χ0v) is 21.0. The molecule has 0 aliphatic heterocycles. The highest BCUT2D eigenvalue weighted by molar-refractivity contribution is 7.07. The Morgan fingerprint density at radius 3 is 2.31 bits per heavy atom. The molecular weight excluding hydrogens is 490 g/mol. The summed E-state index contributed by atoms with van der Waals surface area (Å²) in [5, 5.41) is 7.55. The second-order valence-corrected chi connectivity index (χ2v) is 9.04. The summed E-state index contributed by atoms with van der Waals surface area (Å²) in [6.45, 7) is 0. The number of thiazole rings is 1. The van der Waals surface area contributed by atoms with Crippen molar-refractivity contribution < 1.29 is 9.47 Å². The number of hydrogen-bond acceptors (Lipinski definition) is 5. The summed E-state index contributed by atoms with van der Waals surface area (Å²) in [7, 11) is 1.65. The van der Waals surface area contributed by atoms with Crippen molar-refractivity contribution in [1.82, 2.24) is 4.68 Å². The van der Waals surface area contributed by atoms with Gasteiger partial charge in [-0.1, -0.05) is 54.1 Å². The minimum Gasteiger partial charge on any atom is -0.497 e. The molecule has 0 saturated heterocycles. The van der Waals surface area contributed by atoms with Crippen molar-refractivity contribution in [1.29, 1.82) is 0 Å². The SMILES string of the molecule is COc1ccc(N=c2scc(-c3ccccc3)n2N=Cc2cccc(Oc3ccc(Cl)cc3)c2)cc1. The number of aromatic nitrogens is 1. The fourth-order valence-electron chi connectivity index (χ4n) is 3.48. The smallest absolute Gasteiger partial charge is 0.211 e. The first-order valence-corrected chi connectivity index (χ1v) is 12.5. The highest BCUT2D eigenvalue weighted by Gasteiger charge is 2.08. The van der Waals surface area contributed by atoms with Gasteiger partial charge in [0.05, 0.1) is 24.7 Å². The third-order valence-electron chi connectivity index (χ3n) is 5.28. The number of hydrogen-bond donors (Lipinski definition) is 0. The number of halogens is 1. The van der Waals surface area contributed by atoms with E-state index >= 15 is 0 Å². The van der Waals surface area contributed by atoms with E-state index in [1.807, 2.05) is 83.5 Å². The number of methoxy groups -OCH3 is 1. The molecule has 7 heteroatoms. The Bertz CT molecular complexity index is 1540. The molecule has 1 aromatic heterocycles. The van der Waals surface area contributed by atoms with E-state index in [1.165, 1.54) is 11.3 Å². The molecule has 0 saturated carbocycles. The summed E-state index contributed by atoms with van der Waals surface area (Å²) in [5.74, 6) is 2.22. The molecule has 4 aromatic carbocycles. The first-order chi connectivity index (χ1) is 17.7. The van der Waals surface area contributed by atoms with E-state index in [0.717, 1.165) is 33.1 Å². The highest BCUT2D eigenvalue weighted by atomic mass is 35.5. The summed E-state index contributed by atoms with van der Waals surface area (Å²) in [6, 6.07) is 32.8. The predicted molar refractivity (Wildman–Crippen MR) is 147 cm³/mol. The molecule has 36 heavy (non-hydrogen) atoms. The van der Waals surface area contributed by atoms with Gasteiger partial charge < -0.3 is 9.47 Å². The Labute approximate surface area is 218 Å². The Kier molecular flexibility index (Phi) is 7.26. The van der Waals surface area contributed by atoms with Crippen LogP contribution in [0.3, 0.4) is 0 Å². The van der Waals surface area contributed by atoms with Crippen LogP contribution in [0.5, 0.6) is 17.2 Å². The van der Waals surface area contributed by atoms with Gasteiger partial charge in [0.25, 0.3) is 0 Å². The third kappa shape index (κ3) is 5.74. The molecule has 0 N–H and O–H groups in total. The van der Waals surface area contributed by atoms with Gasteiger partial charge in [0.15, 0.2) is 0 Å². The van der Waals surface area contributed by atoms with Crippen LogP contribution in [0.15, 0.2) is 119 Å². The topological polar surface area (TPSA) is 48.1 Å². The second-order valence-electron chi connectivity index (χ2n) is 7.76. The molecule has 0 aliphatic rings. The molecule has 5 rings (SSSR count). The molecule has 5 aromatic rings. The lowest BCUT2D eigenvalue weighted by Gasteiger charge is -2.07. The van der Waals surface area contributed by atoms with Crippen molar-refractivity contribution in [2.24, 2.45) is 10.1 Å². The van der Waals surface area contributed by atoms with Crippen LogP contribution in [-0.2, 0) is 0 Å². The summed E-state index contributed by atoms with van der Waals surface area (Å²) < 4.78 is 13.1. The van der Waals surface area contributed by atoms with Crippen LogP contribution in [-0.4, -0.2) is 18.0 Å². The quantitative estimate of drug-likeness (QED) is 0.209. The zero-order valence-electron chi connectivity index (χ0n) is 19.4. The second kappa shape index (κ2) is 11.1. The van der Waals surface area contributed by atoms with Gasteiger partial charge in [-0.3, -0.25) is 0 Å². The van der Waals surface area contributed by atoms with E-state index in [2.05, 4.69) is 17.5 Å². The molecule has 1 heterocycles. The maximum atomic E-state index is 5.98. The Morgan fingerprint density at radius 2 is 1.56 bits per heavy atom. The van der Waals surface area contributed by atoms with Crippen LogP contribution in [0.2, 0.25) is 5.02 Å². The van der Waals surface area contributed by atoms with Crippen LogP contribution >= 0.6 is 22.9 Å². The van der Waals surface area contributed by atoms with Gasteiger partial charge in [-0.15, -0.1) is 11.3 Å². The molecule has 0 aliphatic carbocycles. The van der Waals surface area contributed by atoms with Crippen LogP contribution in [0.25, 0.3) is 11.3 Å². The van der Waals surface area contributed by atoms with E-state index in [4.69, 9.17) is 31.2 Å². The fraction of sp³-hybridized carbons (Fsp3) is 0.0345. The molecule has 0 bridgehead atoms. The van der Waals surface area contributed by atoms with Gasteiger partial charge in [0.2, 0.25) is 4.80 Å². The van der Waals surface area contributed by atoms with Crippen molar-refractivity contribution in [3.05, 3.63) is 124 Å². The Balaban J connectivity index is 1.49. The number of ether oxygens (including phenoxy) is 2. The highest BCUT2D eigenvalue weighted by Crippen LogP contribution is 2.24. The summed E-state index contributed by atoms with van der Waals surface area (Å²) in [4.78, 5) is 5.59. The van der Waals surface area contributed by atoms with Crippen molar-refractivity contribution >= 4 is 34.8 Å². The van der Waals surface area contributed by atoms with Gasteiger partial charge in [0, 0.05) is 16.0 Å². The first kappa shape index (κ1) is 23.6. The minimum atomic E-state index is 0.668. The van der Waals surface area contributed by atoms with Gasteiger partial charge in [-0.25, -0.2) is 9.67 Å². The zero-order chi connectivity index (χ0) is 24.7. The molecule has 0 unspecified atom stereocenters. The van der Waals surface area contributed by atoms with Crippen LogP contribution in [0.4, 0.5) is 5.69 Å². The molecule has 0 atom stereocenters. The van der Waals surface area contributed by atoms with Crippen LogP contribution in [0.1, 0.15) is 5.56 Å². The molecule has 0 radical (unpaired) electrons. The summed E-state index contributed by atoms with van der Waals surface area (Å²) >= 11 is 7.51. The minimum absolute atomic E-state index is 0.668. The standard InChI is InChI=1S/C29H22ClN3O2S/c1-34-25-16-12-24(13-17-25)32-29-33(28(20-36-29)22-7-3-2-4-8-22)31-19-21-6-5-9-27(18-21)35-26-14-10-23(30)11-15-26/h2-20H,1H3. The molecule has 0 fully saturated rings. The lowest BCUT2D eigenvalue weighted by molar-refractivity contribution is 0.415. The average Bonchev–Trinajstić information content (AvgIpc) is 3.32. The molecule has 0 spiro atoms. The fourth-order valence-corrected chi connectivity index (χ4v) is 4.47. The third-order valence-corrected chi connectivity index (χ3v) is 6.35. The Morgan fingerprint density at radius 1 is 0.806 bits per heavy atom. The van der Waals surface area contributed by atoms with E-state index in [0.29, 0.717) is 16.5 Å². The van der Waals surface area contributed by atoms with Crippen molar-refractivity contribution in [2.45, 2.75) is 0 Å². The maximum absolute atomic E-state index is 5.98. The number of rotatable bonds is 7. The summed E-state index contributed by atoms with van der Waals surface area (Å²) in [5.41, 5.74) is 3.73. The number of nitrogens with zero attached hydrogens (tertiary/aromatic N) is 3. The van der Waals surface area contributed by atoms with Crippen LogP contribution in [0, 0.1) is 0 Å². The normalized spacial score (nSPS) is 11.7. The van der Waals surface area contributed by atoms with Crippen molar-refractivity contribution in [3.8, 4) is 28.5 Å². The molecule has 0 amide bonds. The molecule has 5 nitrogen and oxygen atoms in total.